The molecule has 0 fully saturated rings. The number of nitrogens with zero attached hydrogens (tertiary/aromatic N) is 2. The molecule has 0 saturated heterocycles. The fourth-order valence-corrected chi connectivity index (χ4v) is 5.05. The second-order valence-electron chi connectivity index (χ2n) is 6.55. The van der Waals surface area contributed by atoms with Crippen molar-refractivity contribution < 1.29 is 13.2 Å². The van der Waals surface area contributed by atoms with Gasteiger partial charge >= 0.3 is 4.87 Å². The summed E-state index contributed by atoms with van der Waals surface area (Å²) >= 11 is 4.49. The smallest absolute Gasteiger partial charge is 0.308 e. The summed E-state index contributed by atoms with van der Waals surface area (Å²) in [6.07, 6.45) is 1.06. The first kappa shape index (κ1) is 21.5. The summed E-state index contributed by atoms with van der Waals surface area (Å²) in [6.45, 7) is 3.95. The third-order valence-electron chi connectivity index (χ3n) is 4.39. The van der Waals surface area contributed by atoms with Gasteiger partial charge in [-0.25, -0.2) is 8.42 Å². The first-order valence-electron chi connectivity index (χ1n) is 8.77. The molecule has 0 spiro atoms. The van der Waals surface area contributed by atoms with Crippen molar-refractivity contribution in [1.29, 1.82) is 0 Å². The summed E-state index contributed by atoms with van der Waals surface area (Å²) in [5.74, 6) is -0.474. The Morgan fingerprint density at radius 2 is 1.97 bits per heavy atom. The fourth-order valence-electron chi connectivity index (χ4n) is 2.96. The first-order valence-corrected chi connectivity index (χ1v) is 12.2. The van der Waals surface area contributed by atoms with E-state index in [4.69, 9.17) is 0 Å². The van der Waals surface area contributed by atoms with Crippen LogP contribution in [0.3, 0.4) is 0 Å². The maximum Gasteiger partial charge on any atom is 0.308 e. The summed E-state index contributed by atoms with van der Waals surface area (Å²) in [7, 11) is -3.66. The minimum atomic E-state index is -3.66. The number of thiazole rings is 1. The van der Waals surface area contributed by atoms with Gasteiger partial charge in [-0.3, -0.25) is 18.5 Å². The molecule has 0 aliphatic heterocycles. The molecule has 154 valence electrons. The van der Waals surface area contributed by atoms with Crippen molar-refractivity contribution in [2.45, 2.75) is 20.4 Å². The number of rotatable bonds is 6. The Morgan fingerprint density at radius 1 is 1.24 bits per heavy atom. The molecule has 2 aromatic carbocycles. The van der Waals surface area contributed by atoms with E-state index >= 15 is 0 Å². The number of carbonyl (C=O) groups excluding carboxylic acids is 1. The number of hydrogen-bond donors (Lipinski definition) is 1. The van der Waals surface area contributed by atoms with Crippen LogP contribution < -0.4 is 14.5 Å². The number of amides is 1. The first-order chi connectivity index (χ1) is 13.6. The van der Waals surface area contributed by atoms with Crippen LogP contribution >= 0.6 is 27.3 Å². The second kappa shape index (κ2) is 8.29. The number of nitrogens with one attached hydrogen (secondary N) is 1. The van der Waals surface area contributed by atoms with E-state index in [-0.39, 0.29) is 11.4 Å². The number of anilines is 2. The lowest BCUT2D eigenvalue weighted by Gasteiger charge is -2.22. The third kappa shape index (κ3) is 4.71. The number of benzene rings is 2. The molecule has 1 N–H and O–H groups in total. The van der Waals surface area contributed by atoms with Gasteiger partial charge in [0.1, 0.15) is 6.54 Å². The van der Waals surface area contributed by atoms with Crippen molar-refractivity contribution in [2.75, 3.05) is 22.4 Å². The molecule has 10 heteroatoms. The van der Waals surface area contributed by atoms with Gasteiger partial charge in [-0.15, -0.1) is 0 Å². The van der Waals surface area contributed by atoms with Crippen molar-refractivity contribution in [2.24, 2.45) is 0 Å². The van der Waals surface area contributed by atoms with E-state index in [9.17, 15) is 18.0 Å². The minimum absolute atomic E-state index is 0.0557. The number of fused-ring (bicyclic) bond motifs is 1. The normalized spacial score (nSPS) is 11.6. The number of aryl methyl sites for hydroxylation is 2. The van der Waals surface area contributed by atoms with Crippen LogP contribution in [0.2, 0.25) is 0 Å². The highest BCUT2D eigenvalue weighted by atomic mass is 79.9. The van der Waals surface area contributed by atoms with Crippen LogP contribution in [0.4, 0.5) is 11.4 Å². The lowest BCUT2D eigenvalue weighted by Crippen LogP contribution is -2.37. The molecule has 0 unspecified atom stereocenters. The van der Waals surface area contributed by atoms with E-state index in [2.05, 4.69) is 21.2 Å². The van der Waals surface area contributed by atoms with Gasteiger partial charge in [0.2, 0.25) is 15.9 Å². The Labute approximate surface area is 181 Å². The van der Waals surface area contributed by atoms with E-state index in [0.29, 0.717) is 17.9 Å². The highest BCUT2D eigenvalue weighted by molar-refractivity contribution is 9.10. The summed E-state index contributed by atoms with van der Waals surface area (Å²) in [5, 5.41) is 2.72. The topological polar surface area (TPSA) is 88.5 Å². The zero-order valence-electron chi connectivity index (χ0n) is 16.1. The molecule has 7 nitrogen and oxygen atoms in total. The molecular weight excluding hydrogens is 478 g/mol. The fraction of sp³-hybridized carbons (Fsp3) is 0.263. The molecule has 29 heavy (non-hydrogen) atoms. The molecule has 0 radical (unpaired) electrons. The van der Waals surface area contributed by atoms with Crippen LogP contribution in [0, 0.1) is 6.92 Å². The molecule has 1 amide bonds. The maximum absolute atomic E-state index is 12.6. The zero-order chi connectivity index (χ0) is 21.3. The van der Waals surface area contributed by atoms with E-state index in [0.717, 1.165) is 42.2 Å². The summed E-state index contributed by atoms with van der Waals surface area (Å²) < 4.78 is 28.9. The van der Waals surface area contributed by atoms with Crippen molar-refractivity contribution >= 4 is 64.8 Å². The SMILES string of the molecule is CCn1c(=O)sc2cc(NC(=O)CN(c3ccc(Br)c(C)c3)S(C)(=O)=O)ccc21. The summed E-state index contributed by atoms with van der Waals surface area (Å²) in [6, 6.07) is 10.3. The van der Waals surface area contributed by atoms with E-state index in [1.54, 1.807) is 41.0 Å². The van der Waals surface area contributed by atoms with Crippen LogP contribution in [0.1, 0.15) is 12.5 Å². The van der Waals surface area contributed by atoms with Gasteiger partial charge in [0.15, 0.2) is 0 Å². The maximum atomic E-state index is 12.6. The lowest BCUT2D eigenvalue weighted by molar-refractivity contribution is -0.114. The Morgan fingerprint density at radius 3 is 2.59 bits per heavy atom. The molecule has 0 aliphatic carbocycles. The number of sulfonamides is 1. The van der Waals surface area contributed by atoms with E-state index in [1.165, 1.54) is 0 Å². The standard InChI is InChI=1S/C19H20BrN3O4S2/c1-4-22-16-8-5-13(10-17(16)28-19(22)25)21-18(24)11-23(29(3,26)27)14-6-7-15(20)12(2)9-14/h5-10H,4,11H2,1-3H3,(H,21,24). The van der Waals surface area contributed by atoms with E-state index < -0.39 is 15.9 Å². The van der Waals surface area contributed by atoms with Gasteiger partial charge in [-0.1, -0.05) is 27.3 Å². The molecule has 0 saturated carbocycles. The monoisotopic (exact) mass is 497 g/mol. The van der Waals surface area contributed by atoms with Crippen LogP contribution in [0.5, 0.6) is 0 Å². The predicted molar refractivity (Wildman–Crippen MR) is 121 cm³/mol. The lowest BCUT2D eigenvalue weighted by atomic mass is 10.2. The predicted octanol–water partition coefficient (Wildman–Crippen LogP) is 3.56. The molecule has 1 heterocycles. The highest BCUT2D eigenvalue weighted by Gasteiger charge is 2.21. The minimum Gasteiger partial charge on any atom is -0.324 e. The van der Waals surface area contributed by atoms with Crippen molar-refractivity contribution in [3.05, 3.63) is 56.1 Å². The molecule has 3 rings (SSSR count). The quantitative estimate of drug-likeness (QED) is 0.563. The summed E-state index contributed by atoms with van der Waals surface area (Å²) in [5.41, 5.74) is 2.59. The van der Waals surface area contributed by atoms with Crippen LogP contribution in [0.25, 0.3) is 10.2 Å². The Kier molecular flexibility index (Phi) is 6.16. The van der Waals surface area contributed by atoms with Gasteiger partial charge in [0, 0.05) is 16.7 Å². The molecule has 3 aromatic rings. The summed E-state index contributed by atoms with van der Waals surface area (Å²) in [4.78, 5) is 24.5. The molecule has 0 bridgehead atoms. The average molecular weight is 498 g/mol. The van der Waals surface area contributed by atoms with Crippen LogP contribution in [-0.2, 0) is 21.4 Å². The number of hydrogen-bond acceptors (Lipinski definition) is 5. The molecule has 0 aliphatic rings. The number of aromatic nitrogens is 1. The van der Waals surface area contributed by atoms with E-state index in [1.807, 2.05) is 13.8 Å². The van der Waals surface area contributed by atoms with Crippen molar-refractivity contribution in [3.8, 4) is 0 Å². The van der Waals surface area contributed by atoms with Crippen molar-refractivity contribution in [3.63, 3.8) is 0 Å². The third-order valence-corrected chi connectivity index (χ3v) is 7.36. The highest BCUT2D eigenvalue weighted by Crippen LogP contribution is 2.25. The molecule has 1 aromatic heterocycles. The van der Waals surface area contributed by atoms with Gasteiger partial charge in [0.25, 0.3) is 0 Å². The van der Waals surface area contributed by atoms with Gasteiger partial charge in [-0.05, 0) is 55.8 Å². The largest absolute Gasteiger partial charge is 0.324 e. The second-order valence-corrected chi connectivity index (χ2v) is 10.3. The van der Waals surface area contributed by atoms with Crippen molar-refractivity contribution in [1.82, 2.24) is 4.57 Å². The Hall–Kier alpha value is -2.17. The molecular formula is C19H20BrN3O4S2. The Balaban J connectivity index is 1.84. The number of halogens is 1. The van der Waals surface area contributed by atoms with Gasteiger partial charge in [0.05, 0.1) is 22.2 Å². The molecule has 0 atom stereocenters. The zero-order valence-corrected chi connectivity index (χ0v) is 19.3. The Bertz CT molecular complexity index is 1250. The van der Waals surface area contributed by atoms with Gasteiger partial charge in [-0.2, -0.15) is 0 Å². The number of carbonyl (C=O) groups is 1. The van der Waals surface area contributed by atoms with Crippen LogP contribution in [0.15, 0.2) is 45.7 Å². The van der Waals surface area contributed by atoms with Gasteiger partial charge < -0.3 is 5.32 Å². The van der Waals surface area contributed by atoms with Crippen LogP contribution in [-0.4, -0.2) is 31.7 Å². The average Bonchev–Trinajstić information content (AvgIpc) is 2.95.